The van der Waals surface area contributed by atoms with Crippen molar-refractivity contribution in [2.24, 2.45) is 0 Å². The number of nitrogens with zero attached hydrogens (tertiary/aromatic N) is 1. The average Bonchev–Trinajstić information content (AvgIpc) is 2.53. The van der Waals surface area contributed by atoms with E-state index in [-0.39, 0.29) is 30.4 Å². The van der Waals surface area contributed by atoms with Crippen LogP contribution in [0, 0.1) is 15.9 Å². The van der Waals surface area contributed by atoms with Gasteiger partial charge < -0.3 is 4.74 Å². The van der Waals surface area contributed by atoms with Gasteiger partial charge in [0, 0.05) is 18.7 Å². The number of benzene rings is 2. The van der Waals surface area contributed by atoms with Gasteiger partial charge in [-0.3, -0.25) is 10.1 Å². The van der Waals surface area contributed by atoms with Crippen molar-refractivity contribution in [1.29, 1.82) is 0 Å². The molecular weight excluding hydrogens is 339 g/mol. The summed E-state index contributed by atoms with van der Waals surface area (Å²) in [6, 6.07) is 10.8. The van der Waals surface area contributed by atoms with Crippen molar-refractivity contribution in [1.82, 2.24) is 4.72 Å². The van der Waals surface area contributed by atoms with Crippen molar-refractivity contribution in [3.05, 3.63) is 70.0 Å². The maximum absolute atomic E-state index is 12.7. The lowest BCUT2D eigenvalue weighted by molar-refractivity contribution is -0.384. The molecule has 0 unspecified atom stereocenters. The molecule has 0 atom stereocenters. The Hall–Kier alpha value is -2.52. The van der Waals surface area contributed by atoms with Crippen LogP contribution >= 0.6 is 0 Å². The number of nitrogens with one attached hydrogen (secondary N) is 1. The van der Waals surface area contributed by atoms with Gasteiger partial charge in [0.1, 0.15) is 18.2 Å². The first-order valence-electron chi connectivity index (χ1n) is 6.95. The Balaban J connectivity index is 1.84. The van der Waals surface area contributed by atoms with Crippen molar-refractivity contribution < 1.29 is 22.5 Å². The van der Waals surface area contributed by atoms with Crippen molar-refractivity contribution in [3.63, 3.8) is 0 Å². The lowest BCUT2D eigenvalue weighted by Gasteiger charge is -2.08. The molecule has 9 heteroatoms. The van der Waals surface area contributed by atoms with Crippen LogP contribution in [0.3, 0.4) is 0 Å². The Bertz CT molecular complexity index is 809. The van der Waals surface area contributed by atoms with Gasteiger partial charge in [0.2, 0.25) is 10.0 Å². The number of nitro groups is 1. The van der Waals surface area contributed by atoms with Crippen LogP contribution in [-0.2, 0) is 15.8 Å². The normalized spacial score (nSPS) is 11.2. The maximum Gasteiger partial charge on any atom is 0.269 e. The van der Waals surface area contributed by atoms with Gasteiger partial charge >= 0.3 is 0 Å². The molecule has 1 N–H and O–H groups in total. The number of halogens is 1. The van der Waals surface area contributed by atoms with E-state index in [4.69, 9.17) is 4.74 Å². The summed E-state index contributed by atoms with van der Waals surface area (Å²) in [5.74, 6) is -0.333. The van der Waals surface area contributed by atoms with E-state index in [1.165, 1.54) is 48.5 Å². The van der Waals surface area contributed by atoms with Crippen molar-refractivity contribution in [3.8, 4) is 5.75 Å². The van der Waals surface area contributed by atoms with Gasteiger partial charge in [0.15, 0.2) is 0 Å². The molecule has 0 fully saturated rings. The summed E-state index contributed by atoms with van der Waals surface area (Å²) in [7, 11) is -3.65. The summed E-state index contributed by atoms with van der Waals surface area (Å²) >= 11 is 0. The van der Waals surface area contributed by atoms with E-state index in [2.05, 4.69) is 4.72 Å². The van der Waals surface area contributed by atoms with Crippen LogP contribution in [-0.4, -0.2) is 26.5 Å². The molecule has 0 amide bonds. The Morgan fingerprint density at radius 2 is 1.88 bits per heavy atom. The number of rotatable bonds is 8. The molecule has 0 spiro atoms. The lowest BCUT2D eigenvalue weighted by atomic mass is 10.2. The third-order valence-corrected chi connectivity index (χ3v) is 4.34. The quantitative estimate of drug-likeness (QED) is 0.445. The number of nitro benzene ring substituents is 1. The largest absolute Gasteiger partial charge is 0.492 e. The summed E-state index contributed by atoms with van der Waals surface area (Å²) in [5, 5.41) is 10.7. The molecule has 24 heavy (non-hydrogen) atoms. The van der Waals surface area contributed by atoms with E-state index in [1.807, 2.05) is 0 Å². The zero-order valence-electron chi connectivity index (χ0n) is 12.5. The minimum absolute atomic E-state index is 0.0225. The molecule has 0 heterocycles. The van der Waals surface area contributed by atoms with Crippen molar-refractivity contribution in [2.75, 3.05) is 13.2 Å². The molecule has 2 aromatic rings. The Kier molecular flexibility index (Phi) is 5.83. The van der Waals surface area contributed by atoms with E-state index < -0.39 is 14.9 Å². The molecule has 2 aromatic carbocycles. The highest BCUT2D eigenvalue weighted by atomic mass is 32.2. The van der Waals surface area contributed by atoms with Gasteiger partial charge in [-0.05, 0) is 29.8 Å². The average molecular weight is 354 g/mol. The summed E-state index contributed by atoms with van der Waals surface area (Å²) in [6.07, 6.45) is 0. The Morgan fingerprint density at radius 3 is 2.54 bits per heavy atom. The molecule has 0 saturated carbocycles. The first-order valence-corrected chi connectivity index (χ1v) is 8.60. The monoisotopic (exact) mass is 354 g/mol. The Labute approximate surface area is 138 Å². The topological polar surface area (TPSA) is 98.5 Å². The second-order valence-corrected chi connectivity index (χ2v) is 6.69. The van der Waals surface area contributed by atoms with Gasteiger partial charge in [-0.2, -0.15) is 0 Å². The first-order chi connectivity index (χ1) is 11.4. The Morgan fingerprint density at radius 1 is 1.17 bits per heavy atom. The zero-order valence-corrected chi connectivity index (χ0v) is 13.3. The highest BCUT2D eigenvalue weighted by Crippen LogP contribution is 2.15. The molecule has 7 nitrogen and oxygen atoms in total. The summed E-state index contributed by atoms with van der Waals surface area (Å²) in [5.41, 5.74) is 0.151. The van der Waals surface area contributed by atoms with Gasteiger partial charge in [0.05, 0.1) is 10.7 Å². The predicted molar refractivity (Wildman–Crippen MR) is 85.6 cm³/mol. The molecular formula is C15H15FN2O5S. The minimum Gasteiger partial charge on any atom is -0.492 e. The standard InChI is InChI=1S/C15H15FN2O5S/c16-13-4-6-15(7-5-13)23-9-8-17-24(21,22)11-12-2-1-3-14(10-12)18(19)20/h1-7,10,17H,8-9,11H2. The third-order valence-electron chi connectivity index (χ3n) is 2.98. The molecule has 0 bridgehead atoms. The second kappa shape index (κ2) is 7.84. The van der Waals surface area contributed by atoms with E-state index in [9.17, 15) is 22.9 Å². The highest BCUT2D eigenvalue weighted by Gasteiger charge is 2.13. The molecule has 0 radical (unpaired) electrons. The van der Waals surface area contributed by atoms with Crippen LogP contribution in [0.25, 0.3) is 0 Å². The van der Waals surface area contributed by atoms with Crippen LogP contribution in [0.2, 0.25) is 0 Å². The van der Waals surface area contributed by atoms with Gasteiger partial charge in [0.25, 0.3) is 5.69 Å². The van der Waals surface area contributed by atoms with Crippen molar-refractivity contribution in [2.45, 2.75) is 5.75 Å². The fourth-order valence-corrected chi connectivity index (χ4v) is 3.04. The number of hydrogen-bond donors (Lipinski definition) is 1. The third kappa shape index (κ3) is 5.60. The molecule has 0 aromatic heterocycles. The van der Waals surface area contributed by atoms with E-state index in [0.29, 0.717) is 11.3 Å². The van der Waals surface area contributed by atoms with Crippen LogP contribution in [0.15, 0.2) is 48.5 Å². The van der Waals surface area contributed by atoms with Gasteiger partial charge in [-0.1, -0.05) is 12.1 Å². The number of sulfonamides is 1. The summed E-state index contributed by atoms with van der Waals surface area (Å²) in [4.78, 5) is 10.1. The molecule has 2 rings (SSSR count). The van der Waals surface area contributed by atoms with E-state index in [0.717, 1.165) is 0 Å². The predicted octanol–water partition coefficient (Wildman–Crippen LogP) is 2.23. The van der Waals surface area contributed by atoms with Crippen LogP contribution < -0.4 is 9.46 Å². The number of hydrogen-bond acceptors (Lipinski definition) is 5. The molecule has 0 aliphatic rings. The van der Waals surface area contributed by atoms with Crippen molar-refractivity contribution >= 4 is 15.7 Å². The SMILES string of the molecule is O=[N+]([O-])c1cccc(CS(=O)(=O)NCCOc2ccc(F)cc2)c1. The fraction of sp³-hybridized carbons (Fsp3) is 0.200. The first kappa shape index (κ1) is 17.8. The zero-order chi connectivity index (χ0) is 17.6. The molecule has 0 aliphatic heterocycles. The van der Waals surface area contributed by atoms with Crippen LogP contribution in [0.4, 0.5) is 10.1 Å². The summed E-state index contributed by atoms with van der Waals surface area (Å²) in [6.45, 7) is 0.0917. The minimum atomic E-state index is -3.65. The lowest BCUT2D eigenvalue weighted by Crippen LogP contribution is -2.29. The van der Waals surface area contributed by atoms with Crippen LogP contribution in [0.1, 0.15) is 5.56 Å². The fourth-order valence-electron chi connectivity index (χ4n) is 1.93. The number of ether oxygens (including phenoxy) is 1. The van der Waals surface area contributed by atoms with E-state index in [1.54, 1.807) is 0 Å². The van der Waals surface area contributed by atoms with Gasteiger partial charge in [-0.25, -0.2) is 17.5 Å². The summed E-state index contributed by atoms with van der Waals surface area (Å²) < 4.78 is 44.2. The number of non-ortho nitro benzene ring substituents is 1. The second-order valence-electron chi connectivity index (χ2n) is 4.88. The molecule has 0 saturated heterocycles. The highest BCUT2D eigenvalue weighted by molar-refractivity contribution is 7.88. The smallest absolute Gasteiger partial charge is 0.269 e. The molecule has 0 aliphatic carbocycles. The van der Waals surface area contributed by atoms with Crippen LogP contribution in [0.5, 0.6) is 5.75 Å². The van der Waals surface area contributed by atoms with Gasteiger partial charge in [-0.15, -0.1) is 0 Å². The van der Waals surface area contributed by atoms with E-state index >= 15 is 0 Å². The molecule has 128 valence electrons. The maximum atomic E-state index is 12.7.